The van der Waals surface area contributed by atoms with E-state index in [1.54, 1.807) is 11.5 Å². The molecule has 1 heterocycles. The Morgan fingerprint density at radius 1 is 1.47 bits per heavy atom. The number of hydrogen-bond donors (Lipinski definition) is 0. The average molecular weight is 225 g/mol. The summed E-state index contributed by atoms with van der Waals surface area (Å²) in [6, 6.07) is 0.713. The smallest absolute Gasteiger partial charge is 0.205 e. The highest BCUT2D eigenvalue weighted by Gasteiger charge is 2.24. The van der Waals surface area contributed by atoms with Gasteiger partial charge in [0.15, 0.2) is 0 Å². The van der Waals surface area contributed by atoms with Crippen LogP contribution in [0.2, 0.25) is 0 Å². The summed E-state index contributed by atoms with van der Waals surface area (Å²) < 4.78 is 4.41. The van der Waals surface area contributed by atoms with Crippen LogP contribution in [0.5, 0.6) is 0 Å². The van der Waals surface area contributed by atoms with Crippen molar-refractivity contribution in [3.05, 3.63) is 5.82 Å². The maximum atomic E-state index is 4.59. The molecule has 1 saturated carbocycles. The first-order valence-corrected chi connectivity index (χ1v) is 6.49. The minimum atomic E-state index is 0.640. The summed E-state index contributed by atoms with van der Waals surface area (Å²) in [5, 5.41) is 1.09. The second-order valence-corrected chi connectivity index (χ2v) is 5.52. The fourth-order valence-corrected chi connectivity index (χ4v) is 2.49. The summed E-state index contributed by atoms with van der Waals surface area (Å²) in [5.41, 5.74) is 0. The Labute approximate surface area is 95.7 Å². The number of hydrogen-bond acceptors (Lipinski definition) is 4. The molecule has 4 heteroatoms. The van der Waals surface area contributed by atoms with Gasteiger partial charge in [-0.1, -0.05) is 13.8 Å². The molecule has 0 spiro atoms. The zero-order valence-corrected chi connectivity index (χ0v) is 10.5. The first-order chi connectivity index (χ1) is 7.16. The van der Waals surface area contributed by atoms with Gasteiger partial charge in [-0.05, 0) is 25.2 Å². The molecule has 1 aromatic heterocycles. The van der Waals surface area contributed by atoms with E-state index in [0.29, 0.717) is 12.0 Å². The summed E-state index contributed by atoms with van der Waals surface area (Å²) in [7, 11) is 2.14. The van der Waals surface area contributed by atoms with Crippen molar-refractivity contribution in [1.29, 1.82) is 0 Å². The molecule has 0 aromatic carbocycles. The Bertz CT molecular complexity index is 317. The van der Waals surface area contributed by atoms with Gasteiger partial charge in [0, 0.05) is 31.0 Å². The van der Waals surface area contributed by atoms with Crippen LogP contribution in [0.4, 0.5) is 5.13 Å². The molecule has 0 amide bonds. The summed E-state index contributed by atoms with van der Waals surface area (Å²) in [5.74, 6) is 1.65. The van der Waals surface area contributed by atoms with E-state index < -0.39 is 0 Å². The van der Waals surface area contributed by atoms with E-state index in [1.807, 2.05) is 0 Å². The van der Waals surface area contributed by atoms with Crippen LogP contribution in [-0.4, -0.2) is 22.4 Å². The average Bonchev–Trinajstić information content (AvgIpc) is 2.48. The Kier molecular flexibility index (Phi) is 3.24. The fourth-order valence-electron chi connectivity index (χ4n) is 1.77. The SMILES string of the molecule is CC(C)Cc1nsc(N(C)C2CCC2)n1. The van der Waals surface area contributed by atoms with Crippen LogP contribution < -0.4 is 4.90 Å². The molecular formula is C11H19N3S. The summed E-state index contributed by atoms with van der Waals surface area (Å²) in [6.07, 6.45) is 4.99. The normalized spacial score (nSPS) is 16.8. The third-order valence-electron chi connectivity index (χ3n) is 2.97. The third kappa shape index (κ3) is 2.48. The predicted octanol–water partition coefficient (Wildman–Crippen LogP) is 2.73. The van der Waals surface area contributed by atoms with E-state index in [0.717, 1.165) is 17.4 Å². The first-order valence-electron chi connectivity index (χ1n) is 5.72. The lowest BCUT2D eigenvalue weighted by Crippen LogP contribution is -2.37. The molecule has 3 nitrogen and oxygen atoms in total. The zero-order valence-electron chi connectivity index (χ0n) is 9.73. The second kappa shape index (κ2) is 4.47. The van der Waals surface area contributed by atoms with Crippen molar-refractivity contribution in [2.24, 2.45) is 5.92 Å². The number of nitrogens with zero attached hydrogens (tertiary/aromatic N) is 3. The summed E-state index contributed by atoms with van der Waals surface area (Å²) >= 11 is 1.54. The van der Waals surface area contributed by atoms with E-state index in [2.05, 4.69) is 35.2 Å². The van der Waals surface area contributed by atoms with Crippen LogP contribution in [-0.2, 0) is 6.42 Å². The van der Waals surface area contributed by atoms with Gasteiger partial charge in [0.05, 0.1) is 0 Å². The molecule has 0 radical (unpaired) electrons. The van der Waals surface area contributed by atoms with Crippen LogP contribution in [0.15, 0.2) is 0 Å². The van der Waals surface area contributed by atoms with Crippen molar-refractivity contribution in [2.45, 2.75) is 45.6 Å². The maximum absolute atomic E-state index is 4.59. The van der Waals surface area contributed by atoms with Gasteiger partial charge in [-0.3, -0.25) is 0 Å². The van der Waals surface area contributed by atoms with Crippen LogP contribution >= 0.6 is 11.5 Å². The zero-order chi connectivity index (χ0) is 10.8. The summed E-state index contributed by atoms with van der Waals surface area (Å²) in [4.78, 5) is 6.88. The molecule has 0 atom stereocenters. The van der Waals surface area contributed by atoms with Crippen molar-refractivity contribution in [3.63, 3.8) is 0 Å². The number of rotatable bonds is 4. The molecule has 1 aliphatic carbocycles. The highest BCUT2D eigenvalue weighted by atomic mass is 32.1. The third-order valence-corrected chi connectivity index (χ3v) is 3.82. The van der Waals surface area contributed by atoms with Gasteiger partial charge >= 0.3 is 0 Å². The van der Waals surface area contributed by atoms with E-state index >= 15 is 0 Å². The molecule has 2 rings (SSSR count). The standard InChI is InChI=1S/C11H19N3S/c1-8(2)7-10-12-11(15-13-10)14(3)9-5-4-6-9/h8-9H,4-7H2,1-3H3. The molecule has 0 N–H and O–H groups in total. The largest absolute Gasteiger partial charge is 0.347 e. The highest BCUT2D eigenvalue weighted by molar-refractivity contribution is 7.09. The van der Waals surface area contributed by atoms with Gasteiger partial charge in [-0.2, -0.15) is 4.37 Å². The lowest BCUT2D eigenvalue weighted by Gasteiger charge is -2.34. The monoisotopic (exact) mass is 225 g/mol. The molecule has 0 bridgehead atoms. The number of aromatic nitrogens is 2. The Balaban J connectivity index is 1.99. The van der Waals surface area contributed by atoms with Gasteiger partial charge in [0.1, 0.15) is 5.82 Å². The van der Waals surface area contributed by atoms with Crippen LogP contribution in [0, 0.1) is 5.92 Å². The highest BCUT2D eigenvalue weighted by Crippen LogP contribution is 2.29. The Hall–Kier alpha value is -0.640. The topological polar surface area (TPSA) is 29.0 Å². The maximum Gasteiger partial charge on any atom is 0.205 e. The summed E-state index contributed by atoms with van der Waals surface area (Å²) in [6.45, 7) is 4.41. The van der Waals surface area contributed by atoms with Gasteiger partial charge in [-0.25, -0.2) is 4.98 Å². The van der Waals surface area contributed by atoms with E-state index in [4.69, 9.17) is 0 Å². The quantitative estimate of drug-likeness (QED) is 0.789. The van der Waals surface area contributed by atoms with E-state index in [9.17, 15) is 0 Å². The predicted molar refractivity (Wildman–Crippen MR) is 64.5 cm³/mol. The molecule has 15 heavy (non-hydrogen) atoms. The van der Waals surface area contributed by atoms with Crippen molar-refractivity contribution in [2.75, 3.05) is 11.9 Å². The second-order valence-electron chi connectivity index (χ2n) is 4.79. The first kappa shape index (κ1) is 10.9. The van der Waals surface area contributed by atoms with Crippen molar-refractivity contribution >= 4 is 16.7 Å². The lowest BCUT2D eigenvalue weighted by molar-refractivity contribution is 0.400. The van der Waals surface area contributed by atoms with Crippen molar-refractivity contribution < 1.29 is 0 Å². The lowest BCUT2D eigenvalue weighted by atomic mass is 9.92. The Morgan fingerprint density at radius 2 is 2.20 bits per heavy atom. The number of anilines is 1. The molecule has 0 aliphatic heterocycles. The van der Waals surface area contributed by atoms with Crippen LogP contribution in [0.3, 0.4) is 0 Å². The molecule has 0 saturated heterocycles. The van der Waals surface area contributed by atoms with E-state index in [1.165, 1.54) is 19.3 Å². The molecular weight excluding hydrogens is 206 g/mol. The molecule has 0 unspecified atom stereocenters. The molecule has 1 aliphatic rings. The minimum Gasteiger partial charge on any atom is -0.347 e. The molecule has 1 fully saturated rings. The van der Waals surface area contributed by atoms with Gasteiger partial charge < -0.3 is 4.90 Å². The van der Waals surface area contributed by atoms with Gasteiger partial charge in [-0.15, -0.1) is 0 Å². The van der Waals surface area contributed by atoms with Crippen molar-refractivity contribution in [3.8, 4) is 0 Å². The molecule has 84 valence electrons. The van der Waals surface area contributed by atoms with Gasteiger partial charge in [0.25, 0.3) is 0 Å². The Morgan fingerprint density at radius 3 is 2.73 bits per heavy atom. The van der Waals surface area contributed by atoms with Crippen LogP contribution in [0.1, 0.15) is 38.9 Å². The minimum absolute atomic E-state index is 0.640. The fraction of sp³-hybridized carbons (Fsp3) is 0.818. The van der Waals surface area contributed by atoms with Crippen LogP contribution in [0.25, 0.3) is 0 Å². The molecule has 1 aromatic rings. The van der Waals surface area contributed by atoms with E-state index in [-0.39, 0.29) is 0 Å². The van der Waals surface area contributed by atoms with Crippen molar-refractivity contribution in [1.82, 2.24) is 9.36 Å². The van der Waals surface area contributed by atoms with Gasteiger partial charge in [0.2, 0.25) is 5.13 Å².